The highest BCUT2D eigenvalue weighted by Crippen LogP contribution is 2.28. The van der Waals surface area contributed by atoms with Gasteiger partial charge in [-0.3, -0.25) is 4.79 Å². The van der Waals surface area contributed by atoms with E-state index in [0.29, 0.717) is 23.3 Å². The third kappa shape index (κ3) is 2.40. The number of amides is 1. The van der Waals surface area contributed by atoms with Crippen LogP contribution < -0.4 is 10.1 Å². The zero-order valence-corrected chi connectivity index (χ0v) is 12.2. The number of hydrogen-bond acceptors (Lipinski definition) is 3. The van der Waals surface area contributed by atoms with E-state index in [1.165, 1.54) is 12.8 Å². The van der Waals surface area contributed by atoms with Gasteiger partial charge in [-0.15, -0.1) is 0 Å². The fourth-order valence-electron chi connectivity index (χ4n) is 3.37. The summed E-state index contributed by atoms with van der Waals surface area (Å²) in [5, 5.41) is 3.53. The number of nitrogens with zero attached hydrogens (tertiary/aromatic N) is 1. The van der Waals surface area contributed by atoms with Crippen molar-refractivity contribution in [3.8, 4) is 5.75 Å². The number of hydrogen-bond donors (Lipinski definition) is 1. The van der Waals surface area contributed by atoms with Gasteiger partial charge in [0, 0.05) is 19.1 Å². The van der Waals surface area contributed by atoms with E-state index in [4.69, 9.17) is 4.74 Å². The van der Waals surface area contributed by atoms with Crippen molar-refractivity contribution in [3.05, 3.63) is 29.3 Å². The molecule has 0 bridgehead atoms. The van der Waals surface area contributed by atoms with Gasteiger partial charge >= 0.3 is 0 Å². The summed E-state index contributed by atoms with van der Waals surface area (Å²) in [7, 11) is 1.62. The molecule has 3 rings (SSSR count). The maximum absolute atomic E-state index is 12.7. The summed E-state index contributed by atoms with van der Waals surface area (Å²) in [6, 6.07) is 6.25. The topological polar surface area (TPSA) is 41.6 Å². The summed E-state index contributed by atoms with van der Waals surface area (Å²) in [5.41, 5.74) is 1.77. The predicted molar refractivity (Wildman–Crippen MR) is 78.1 cm³/mol. The van der Waals surface area contributed by atoms with Crippen molar-refractivity contribution in [2.45, 2.75) is 25.8 Å². The van der Waals surface area contributed by atoms with E-state index >= 15 is 0 Å². The number of rotatable bonds is 2. The number of likely N-dealkylation sites (tertiary alicyclic amines) is 1. The second-order valence-corrected chi connectivity index (χ2v) is 5.88. The third-order valence-electron chi connectivity index (χ3n) is 4.47. The molecule has 2 aliphatic heterocycles. The van der Waals surface area contributed by atoms with Gasteiger partial charge in [0.15, 0.2) is 0 Å². The molecule has 0 spiro atoms. The Labute approximate surface area is 120 Å². The van der Waals surface area contributed by atoms with Crippen LogP contribution in [-0.2, 0) is 0 Å². The minimum atomic E-state index is 0.0988. The van der Waals surface area contributed by atoms with E-state index < -0.39 is 0 Å². The minimum Gasteiger partial charge on any atom is -0.496 e. The molecule has 1 N–H and O–H groups in total. The molecular formula is C16H22N2O2. The molecule has 2 fully saturated rings. The first kappa shape index (κ1) is 13.4. The Morgan fingerprint density at radius 2 is 2.25 bits per heavy atom. The molecule has 0 unspecified atom stereocenters. The zero-order valence-electron chi connectivity index (χ0n) is 12.2. The largest absolute Gasteiger partial charge is 0.496 e. The first-order valence-corrected chi connectivity index (χ1v) is 7.36. The van der Waals surface area contributed by atoms with Gasteiger partial charge in [-0.2, -0.15) is 0 Å². The number of benzene rings is 1. The molecule has 0 aromatic heterocycles. The van der Waals surface area contributed by atoms with Gasteiger partial charge in [0.25, 0.3) is 5.91 Å². The van der Waals surface area contributed by atoms with E-state index in [1.807, 2.05) is 30.0 Å². The van der Waals surface area contributed by atoms with Crippen molar-refractivity contribution in [2.75, 3.05) is 26.7 Å². The fraction of sp³-hybridized carbons (Fsp3) is 0.562. The lowest BCUT2D eigenvalue weighted by Crippen LogP contribution is -2.41. The monoisotopic (exact) mass is 274 g/mol. The summed E-state index contributed by atoms with van der Waals surface area (Å²) in [6.45, 7) is 4.77. The molecule has 2 atom stereocenters. The molecule has 108 valence electrons. The predicted octanol–water partition coefficient (Wildman–Crippen LogP) is 1.83. The Hall–Kier alpha value is -1.55. The number of aryl methyl sites for hydroxylation is 1. The molecule has 2 saturated heterocycles. The molecule has 4 heteroatoms. The Morgan fingerprint density at radius 3 is 3.00 bits per heavy atom. The van der Waals surface area contributed by atoms with Gasteiger partial charge in [-0.05, 0) is 44.4 Å². The lowest BCUT2D eigenvalue weighted by Gasteiger charge is -2.24. The number of methoxy groups -OCH3 is 1. The number of ether oxygens (including phenoxy) is 1. The van der Waals surface area contributed by atoms with E-state index in [9.17, 15) is 4.79 Å². The van der Waals surface area contributed by atoms with Crippen LogP contribution in [0.1, 0.15) is 28.8 Å². The third-order valence-corrected chi connectivity index (χ3v) is 4.47. The van der Waals surface area contributed by atoms with Crippen LogP contribution in [-0.4, -0.2) is 43.6 Å². The molecule has 0 aliphatic carbocycles. The second kappa shape index (κ2) is 5.44. The van der Waals surface area contributed by atoms with Gasteiger partial charge < -0.3 is 15.0 Å². The van der Waals surface area contributed by atoms with Crippen LogP contribution in [0.2, 0.25) is 0 Å². The van der Waals surface area contributed by atoms with Gasteiger partial charge in [-0.1, -0.05) is 11.6 Å². The Bertz CT molecular complexity index is 501. The van der Waals surface area contributed by atoms with Crippen molar-refractivity contribution >= 4 is 5.91 Å². The van der Waals surface area contributed by atoms with Gasteiger partial charge in [0.05, 0.1) is 12.7 Å². The van der Waals surface area contributed by atoms with Crippen LogP contribution in [0.5, 0.6) is 5.75 Å². The van der Waals surface area contributed by atoms with Crippen LogP contribution in [0.3, 0.4) is 0 Å². The average molecular weight is 274 g/mol. The van der Waals surface area contributed by atoms with Crippen molar-refractivity contribution in [3.63, 3.8) is 0 Å². The van der Waals surface area contributed by atoms with Crippen LogP contribution in [0, 0.1) is 12.8 Å². The molecule has 2 heterocycles. The van der Waals surface area contributed by atoms with E-state index in [1.54, 1.807) is 7.11 Å². The number of fused-ring (bicyclic) bond motifs is 1. The van der Waals surface area contributed by atoms with Crippen molar-refractivity contribution in [1.29, 1.82) is 0 Å². The summed E-state index contributed by atoms with van der Waals surface area (Å²) in [4.78, 5) is 14.7. The molecule has 0 saturated carbocycles. The summed E-state index contributed by atoms with van der Waals surface area (Å²) < 4.78 is 5.34. The quantitative estimate of drug-likeness (QED) is 0.894. The van der Waals surface area contributed by atoms with Crippen molar-refractivity contribution in [2.24, 2.45) is 5.92 Å². The smallest absolute Gasteiger partial charge is 0.257 e. The highest BCUT2D eigenvalue weighted by Gasteiger charge is 2.37. The number of carbonyl (C=O) groups excluding carboxylic acids is 1. The lowest BCUT2D eigenvalue weighted by atomic mass is 9.94. The van der Waals surface area contributed by atoms with E-state index in [2.05, 4.69) is 5.32 Å². The molecule has 20 heavy (non-hydrogen) atoms. The first-order chi connectivity index (χ1) is 9.69. The molecule has 0 radical (unpaired) electrons. The SMILES string of the molecule is COc1ccc(C)cc1C(=O)N1C[C@@H]2CCCN[C@@H]2C1. The maximum Gasteiger partial charge on any atom is 0.257 e. The normalized spacial score (nSPS) is 25.4. The van der Waals surface area contributed by atoms with Crippen LogP contribution in [0.25, 0.3) is 0 Å². The van der Waals surface area contributed by atoms with E-state index in [0.717, 1.165) is 25.2 Å². The summed E-state index contributed by atoms with van der Waals surface area (Å²) >= 11 is 0. The van der Waals surface area contributed by atoms with E-state index in [-0.39, 0.29) is 5.91 Å². The Morgan fingerprint density at radius 1 is 1.40 bits per heavy atom. The van der Waals surface area contributed by atoms with Gasteiger partial charge in [0.2, 0.25) is 0 Å². The lowest BCUT2D eigenvalue weighted by molar-refractivity contribution is 0.0782. The molecule has 1 aromatic rings. The fourth-order valence-corrected chi connectivity index (χ4v) is 3.37. The van der Waals surface area contributed by atoms with Crippen molar-refractivity contribution in [1.82, 2.24) is 10.2 Å². The van der Waals surface area contributed by atoms with Crippen molar-refractivity contribution < 1.29 is 9.53 Å². The van der Waals surface area contributed by atoms with Crippen LogP contribution in [0.15, 0.2) is 18.2 Å². The second-order valence-electron chi connectivity index (χ2n) is 5.88. The maximum atomic E-state index is 12.7. The number of piperidine rings is 1. The van der Waals surface area contributed by atoms with Gasteiger partial charge in [0.1, 0.15) is 5.75 Å². The highest BCUT2D eigenvalue weighted by atomic mass is 16.5. The number of nitrogens with one attached hydrogen (secondary N) is 1. The highest BCUT2D eigenvalue weighted by molar-refractivity contribution is 5.97. The number of carbonyl (C=O) groups is 1. The van der Waals surface area contributed by atoms with Crippen LogP contribution >= 0.6 is 0 Å². The average Bonchev–Trinajstić information content (AvgIpc) is 2.90. The summed E-state index contributed by atoms with van der Waals surface area (Å²) in [5.74, 6) is 1.38. The molecule has 1 amide bonds. The molecule has 2 aliphatic rings. The standard InChI is InChI=1S/C16H22N2O2/c1-11-5-6-15(20-2)13(8-11)16(19)18-9-12-4-3-7-17-14(12)10-18/h5-6,8,12,14,17H,3-4,7,9-10H2,1-2H3/t12-,14+/m0/s1. The minimum absolute atomic E-state index is 0.0988. The Balaban J connectivity index is 1.81. The summed E-state index contributed by atoms with van der Waals surface area (Å²) in [6.07, 6.45) is 2.45. The van der Waals surface area contributed by atoms with Crippen LogP contribution in [0.4, 0.5) is 0 Å². The zero-order chi connectivity index (χ0) is 14.1. The molecular weight excluding hydrogens is 252 g/mol. The van der Waals surface area contributed by atoms with Gasteiger partial charge in [-0.25, -0.2) is 0 Å². The Kier molecular flexibility index (Phi) is 3.66. The molecule has 1 aromatic carbocycles. The molecule has 4 nitrogen and oxygen atoms in total. The first-order valence-electron chi connectivity index (χ1n) is 7.36.